The van der Waals surface area contributed by atoms with Gasteiger partial charge in [-0.1, -0.05) is 53.7 Å². The number of carbonyl (C=O) groups excluding carboxylic acids is 1. The van der Waals surface area contributed by atoms with Crippen molar-refractivity contribution in [2.75, 3.05) is 5.32 Å². The zero-order valence-electron chi connectivity index (χ0n) is 18.5. The van der Waals surface area contributed by atoms with Crippen LogP contribution < -0.4 is 5.32 Å². The minimum atomic E-state index is -3.56. The smallest absolute Gasteiger partial charge is 0.262 e. The topological polar surface area (TPSA) is 63.2 Å². The molecule has 0 saturated heterocycles. The van der Waals surface area contributed by atoms with Gasteiger partial charge in [0.15, 0.2) is 9.84 Å². The van der Waals surface area contributed by atoms with E-state index >= 15 is 0 Å². The molecule has 32 heavy (non-hydrogen) atoms. The van der Waals surface area contributed by atoms with Gasteiger partial charge in [-0.3, -0.25) is 4.79 Å². The molecule has 1 N–H and O–H groups in total. The average molecular weight is 464 g/mol. The van der Waals surface area contributed by atoms with Crippen LogP contribution in [0.25, 0.3) is 6.08 Å². The molecular formula is C26H25NO3S2. The van der Waals surface area contributed by atoms with Gasteiger partial charge in [0.05, 0.1) is 21.2 Å². The predicted octanol–water partition coefficient (Wildman–Crippen LogP) is 5.98. The van der Waals surface area contributed by atoms with Crippen LogP contribution in [0.15, 0.2) is 69.3 Å². The Labute approximate surface area is 193 Å². The van der Waals surface area contributed by atoms with Crippen LogP contribution in [0.3, 0.4) is 0 Å². The van der Waals surface area contributed by atoms with Crippen LogP contribution in [0, 0.1) is 27.7 Å². The van der Waals surface area contributed by atoms with Crippen molar-refractivity contribution >= 4 is 39.3 Å². The molecule has 0 bridgehead atoms. The minimum Gasteiger partial charge on any atom is -0.320 e. The van der Waals surface area contributed by atoms with E-state index in [0.717, 1.165) is 32.7 Å². The van der Waals surface area contributed by atoms with E-state index in [-0.39, 0.29) is 16.6 Å². The van der Waals surface area contributed by atoms with Crippen molar-refractivity contribution < 1.29 is 13.2 Å². The second-order valence-electron chi connectivity index (χ2n) is 8.21. The molecule has 4 nitrogen and oxygen atoms in total. The Morgan fingerprint density at radius 1 is 0.906 bits per heavy atom. The lowest BCUT2D eigenvalue weighted by Crippen LogP contribution is -2.18. The first kappa shape index (κ1) is 22.4. The van der Waals surface area contributed by atoms with Gasteiger partial charge in [-0.25, -0.2) is 8.42 Å². The van der Waals surface area contributed by atoms with Crippen molar-refractivity contribution in [1.82, 2.24) is 0 Å². The summed E-state index contributed by atoms with van der Waals surface area (Å²) in [6, 6.07) is 16.8. The Morgan fingerprint density at radius 3 is 2.31 bits per heavy atom. The maximum atomic E-state index is 13.1. The number of sulfone groups is 1. The molecule has 1 heterocycles. The summed E-state index contributed by atoms with van der Waals surface area (Å²) in [7, 11) is -3.56. The molecule has 0 spiro atoms. The Kier molecular flexibility index (Phi) is 6.01. The van der Waals surface area contributed by atoms with Crippen LogP contribution in [0.2, 0.25) is 0 Å². The van der Waals surface area contributed by atoms with E-state index in [1.54, 1.807) is 18.2 Å². The summed E-state index contributed by atoms with van der Waals surface area (Å²) in [6.07, 6.45) is 1.88. The van der Waals surface area contributed by atoms with E-state index in [1.165, 1.54) is 17.3 Å². The first-order valence-electron chi connectivity index (χ1n) is 10.3. The fourth-order valence-corrected chi connectivity index (χ4v) is 6.31. The average Bonchev–Trinajstić information content (AvgIpc) is 2.73. The van der Waals surface area contributed by atoms with Crippen molar-refractivity contribution in [3.8, 4) is 0 Å². The monoisotopic (exact) mass is 463 g/mol. The second kappa shape index (κ2) is 8.60. The normalized spacial score (nSPS) is 14.9. The third kappa shape index (κ3) is 4.52. The van der Waals surface area contributed by atoms with Crippen molar-refractivity contribution in [1.29, 1.82) is 0 Å². The van der Waals surface area contributed by atoms with Crippen molar-refractivity contribution in [3.05, 3.63) is 92.9 Å². The molecule has 6 heteroatoms. The van der Waals surface area contributed by atoms with Crippen molar-refractivity contribution in [2.24, 2.45) is 0 Å². The number of thioether (sulfide) groups is 1. The van der Waals surface area contributed by atoms with Crippen LogP contribution in [0.1, 0.15) is 33.4 Å². The molecule has 0 aromatic heterocycles. The minimum absolute atomic E-state index is 0.0662. The molecule has 0 saturated carbocycles. The lowest BCUT2D eigenvalue weighted by Gasteiger charge is -2.20. The number of hydrogen-bond donors (Lipinski definition) is 1. The van der Waals surface area contributed by atoms with Crippen LogP contribution in [0.4, 0.5) is 5.69 Å². The number of carbonyl (C=O) groups is 1. The fraction of sp³-hybridized carbons (Fsp3) is 0.192. The van der Waals surface area contributed by atoms with Crippen LogP contribution in [-0.4, -0.2) is 14.3 Å². The molecule has 3 aromatic rings. The zero-order chi connectivity index (χ0) is 23.0. The lowest BCUT2D eigenvalue weighted by atomic mass is 10.1. The predicted molar refractivity (Wildman–Crippen MR) is 132 cm³/mol. The highest BCUT2D eigenvalue weighted by molar-refractivity contribution is 8.04. The molecule has 0 unspecified atom stereocenters. The number of rotatable bonds is 4. The van der Waals surface area contributed by atoms with Crippen LogP contribution in [0.5, 0.6) is 0 Å². The Morgan fingerprint density at radius 2 is 1.62 bits per heavy atom. The van der Waals surface area contributed by atoms with E-state index < -0.39 is 9.84 Å². The lowest BCUT2D eigenvalue weighted by molar-refractivity contribution is -0.112. The van der Waals surface area contributed by atoms with Gasteiger partial charge >= 0.3 is 0 Å². The molecular weight excluding hydrogens is 438 g/mol. The summed E-state index contributed by atoms with van der Waals surface area (Å²) in [6.45, 7) is 7.90. The van der Waals surface area contributed by atoms with Crippen molar-refractivity contribution in [2.45, 2.75) is 43.2 Å². The number of amides is 1. The van der Waals surface area contributed by atoms with E-state index in [9.17, 15) is 13.2 Å². The molecule has 3 aromatic carbocycles. The highest BCUT2D eigenvalue weighted by Gasteiger charge is 2.25. The van der Waals surface area contributed by atoms with Gasteiger partial charge in [0, 0.05) is 4.90 Å². The quantitative estimate of drug-likeness (QED) is 0.484. The van der Waals surface area contributed by atoms with Gasteiger partial charge in [0.2, 0.25) is 0 Å². The van der Waals surface area contributed by atoms with Gasteiger partial charge in [-0.15, -0.1) is 0 Å². The largest absolute Gasteiger partial charge is 0.320 e. The first-order chi connectivity index (χ1) is 15.1. The van der Waals surface area contributed by atoms with E-state index in [0.29, 0.717) is 10.6 Å². The number of nitrogens with one attached hydrogen (secondary N) is 1. The van der Waals surface area contributed by atoms with Gasteiger partial charge in [0.1, 0.15) is 0 Å². The van der Waals surface area contributed by atoms with Crippen LogP contribution in [-0.2, 0) is 20.4 Å². The van der Waals surface area contributed by atoms with Crippen LogP contribution >= 0.6 is 11.8 Å². The SMILES string of the molecule is Cc1ccc(C=C2Sc3ccc(S(=O)(=O)Cc4c(C)cccc4C)cc3NC2=O)c(C)c1. The summed E-state index contributed by atoms with van der Waals surface area (Å²) in [5, 5.41) is 2.87. The molecule has 1 aliphatic rings. The number of anilines is 1. The number of benzene rings is 3. The standard InChI is InChI=1S/C26H25NO3S2/c1-16-8-9-20(19(4)12-16)13-25-26(28)27-23-14-21(10-11-24(23)31-25)32(29,30)15-22-17(2)6-5-7-18(22)3/h5-14H,15H2,1-4H3,(H,27,28). The molecule has 0 fully saturated rings. The maximum Gasteiger partial charge on any atom is 0.262 e. The Balaban J connectivity index is 1.63. The van der Waals surface area contributed by atoms with Gasteiger partial charge in [-0.2, -0.15) is 0 Å². The fourth-order valence-electron chi connectivity index (χ4n) is 3.81. The Hall–Kier alpha value is -2.83. The van der Waals surface area contributed by atoms with E-state index in [4.69, 9.17) is 0 Å². The van der Waals surface area contributed by atoms with Gasteiger partial charge in [0.25, 0.3) is 5.91 Å². The summed E-state index contributed by atoms with van der Waals surface area (Å²) in [4.78, 5) is 14.3. The van der Waals surface area contributed by atoms with E-state index in [1.807, 2.05) is 64.1 Å². The highest BCUT2D eigenvalue weighted by atomic mass is 32.2. The summed E-state index contributed by atoms with van der Waals surface area (Å²) in [5.41, 5.74) is 6.52. The summed E-state index contributed by atoms with van der Waals surface area (Å²) >= 11 is 1.36. The third-order valence-electron chi connectivity index (χ3n) is 5.69. The summed E-state index contributed by atoms with van der Waals surface area (Å²) in [5.74, 6) is -0.296. The zero-order valence-corrected chi connectivity index (χ0v) is 20.2. The third-order valence-corrected chi connectivity index (χ3v) is 8.43. The summed E-state index contributed by atoms with van der Waals surface area (Å²) < 4.78 is 26.2. The number of aryl methyl sites for hydroxylation is 4. The molecule has 1 amide bonds. The molecule has 0 radical (unpaired) electrons. The molecule has 1 aliphatic heterocycles. The number of hydrogen-bond acceptors (Lipinski definition) is 4. The van der Waals surface area contributed by atoms with Crippen molar-refractivity contribution in [3.63, 3.8) is 0 Å². The van der Waals surface area contributed by atoms with Gasteiger partial charge < -0.3 is 5.32 Å². The molecule has 0 atom stereocenters. The molecule has 164 valence electrons. The van der Waals surface area contributed by atoms with E-state index in [2.05, 4.69) is 11.4 Å². The second-order valence-corrected chi connectivity index (χ2v) is 11.3. The highest BCUT2D eigenvalue weighted by Crippen LogP contribution is 2.40. The first-order valence-corrected chi connectivity index (χ1v) is 12.8. The van der Waals surface area contributed by atoms with Gasteiger partial charge in [-0.05, 0) is 79.8 Å². The number of fused-ring (bicyclic) bond motifs is 1. The molecule has 4 rings (SSSR count). The Bertz CT molecular complexity index is 1350. The maximum absolute atomic E-state index is 13.1. The molecule has 0 aliphatic carbocycles.